The average molecular weight is 236 g/mol. The molecule has 94 valence electrons. The zero-order valence-electron chi connectivity index (χ0n) is 10.5. The fourth-order valence-electron chi connectivity index (χ4n) is 1.90. The van der Waals surface area contributed by atoms with E-state index < -0.39 is 5.97 Å². The van der Waals surface area contributed by atoms with E-state index in [0.29, 0.717) is 6.54 Å². The first-order chi connectivity index (χ1) is 8.19. The Balaban J connectivity index is 2.80. The molecule has 1 aromatic heterocycles. The Kier molecular flexibility index (Phi) is 5.63. The maximum Gasteiger partial charge on any atom is 0.354 e. The van der Waals surface area contributed by atoms with Crippen molar-refractivity contribution in [2.45, 2.75) is 33.2 Å². The van der Waals surface area contributed by atoms with Gasteiger partial charge in [-0.15, -0.1) is 0 Å². The van der Waals surface area contributed by atoms with Crippen molar-refractivity contribution in [2.24, 2.45) is 0 Å². The molecule has 0 saturated carbocycles. The summed E-state index contributed by atoms with van der Waals surface area (Å²) in [5, 5.41) is 9.06. The highest BCUT2D eigenvalue weighted by Gasteiger charge is 2.13. The first-order valence-corrected chi connectivity index (χ1v) is 6.08. The van der Waals surface area contributed by atoms with Gasteiger partial charge >= 0.3 is 5.97 Å². The van der Waals surface area contributed by atoms with Crippen LogP contribution < -0.4 is 0 Å². The van der Waals surface area contributed by atoms with Crippen LogP contribution in [0.2, 0.25) is 0 Å². The van der Waals surface area contributed by atoms with Crippen molar-refractivity contribution in [2.75, 3.05) is 13.1 Å². The lowest BCUT2D eigenvalue weighted by Gasteiger charge is -2.21. The smallest absolute Gasteiger partial charge is 0.354 e. The van der Waals surface area contributed by atoms with Crippen LogP contribution in [0.4, 0.5) is 0 Å². The normalized spacial score (nSPS) is 10.8. The molecular weight excluding hydrogens is 216 g/mol. The molecule has 0 aliphatic rings. The molecule has 4 nitrogen and oxygen atoms in total. The fraction of sp³-hybridized carbons (Fsp3) is 0.538. The summed E-state index contributed by atoms with van der Waals surface area (Å²) in [6, 6.07) is 3.63. The van der Waals surface area contributed by atoms with E-state index in [2.05, 4.69) is 23.7 Å². The fourth-order valence-corrected chi connectivity index (χ4v) is 1.90. The number of carbonyl (C=O) groups is 1. The first kappa shape index (κ1) is 13.6. The van der Waals surface area contributed by atoms with Crippen molar-refractivity contribution in [1.29, 1.82) is 0 Å². The Morgan fingerprint density at radius 1 is 1.35 bits per heavy atom. The molecule has 0 radical (unpaired) electrons. The minimum Gasteiger partial charge on any atom is -0.477 e. The summed E-state index contributed by atoms with van der Waals surface area (Å²) in [6.07, 6.45) is 3.67. The number of nitrogens with zero attached hydrogens (tertiary/aromatic N) is 2. The van der Waals surface area contributed by atoms with Crippen molar-refractivity contribution in [3.63, 3.8) is 0 Å². The highest BCUT2D eigenvalue weighted by Crippen LogP contribution is 2.10. The van der Waals surface area contributed by atoms with Gasteiger partial charge in [0.25, 0.3) is 0 Å². The zero-order valence-corrected chi connectivity index (χ0v) is 10.5. The maximum absolute atomic E-state index is 11.0. The van der Waals surface area contributed by atoms with Crippen LogP contribution in [0.15, 0.2) is 18.3 Å². The van der Waals surface area contributed by atoms with Gasteiger partial charge in [-0.05, 0) is 37.6 Å². The van der Waals surface area contributed by atoms with Gasteiger partial charge in [-0.25, -0.2) is 9.78 Å². The van der Waals surface area contributed by atoms with Crippen LogP contribution >= 0.6 is 0 Å². The van der Waals surface area contributed by atoms with Gasteiger partial charge in [0.05, 0.1) is 0 Å². The van der Waals surface area contributed by atoms with Gasteiger partial charge in [-0.1, -0.05) is 19.9 Å². The number of carboxylic acid groups (broad SMARTS) is 1. The molecular formula is C13H20N2O2. The molecule has 1 N–H and O–H groups in total. The quantitative estimate of drug-likeness (QED) is 0.789. The Morgan fingerprint density at radius 2 is 2.00 bits per heavy atom. The number of pyridine rings is 1. The number of carboxylic acids is 1. The van der Waals surface area contributed by atoms with Gasteiger partial charge in [0.2, 0.25) is 0 Å². The Bertz CT molecular complexity index is 360. The molecule has 17 heavy (non-hydrogen) atoms. The lowest BCUT2D eigenvalue weighted by Crippen LogP contribution is -2.26. The third kappa shape index (κ3) is 4.15. The van der Waals surface area contributed by atoms with E-state index in [1.54, 1.807) is 6.07 Å². The standard InChI is InChI=1S/C13H20N2O2/c1-3-8-15(9-4-2)10-11-6-5-7-14-12(11)13(16)17/h5-7H,3-4,8-10H2,1-2H3,(H,16,17). The SMILES string of the molecule is CCCN(CCC)Cc1cccnc1C(=O)O. The monoisotopic (exact) mass is 236 g/mol. The minimum absolute atomic E-state index is 0.171. The summed E-state index contributed by atoms with van der Waals surface area (Å²) in [5.41, 5.74) is 0.964. The molecule has 0 fully saturated rings. The van der Waals surface area contributed by atoms with E-state index in [9.17, 15) is 4.79 Å². The lowest BCUT2D eigenvalue weighted by atomic mass is 10.1. The van der Waals surface area contributed by atoms with Crippen molar-refractivity contribution >= 4 is 5.97 Å². The minimum atomic E-state index is -0.950. The van der Waals surface area contributed by atoms with Crippen molar-refractivity contribution in [3.05, 3.63) is 29.6 Å². The molecule has 4 heteroatoms. The van der Waals surface area contributed by atoms with E-state index in [1.165, 1.54) is 6.20 Å². The largest absolute Gasteiger partial charge is 0.477 e. The molecule has 0 spiro atoms. The van der Waals surface area contributed by atoms with E-state index >= 15 is 0 Å². The number of aromatic nitrogens is 1. The van der Waals surface area contributed by atoms with E-state index in [0.717, 1.165) is 31.5 Å². The van der Waals surface area contributed by atoms with Gasteiger partial charge < -0.3 is 5.11 Å². The Morgan fingerprint density at radius 3 is 2.53 bits per heavy atom. The number of hydrogen-bond acceptors (Lipinski definition) is 3. The molecule has 0 amide bonds. The topological polar surface area (TPSA) is 53.4 Å². The van der Waals surface area contributed by atoms with Crippen molar-refractivity contribution in [1.82, 2.24) is 9.88 Å². The number of rotatable bonds is 7. The van der Waals surface area contributed by atoms with Crippen LogP contribution in [-0.4, -0.2) is 34.0 Å². The van der Waals surface area contributed by atoms with Crippen LogP contribution in [0.25, 0.3) is 0 Å². The Labute approximate surface area is 102 Å². The van der Waals surface area contributed by atoms with Gasteiger partial charge in [0.15, 0.2) is 5.69 Å². The predicted molar refractivity (Wildman–Crippen MR) is 67.1 cm³/mol. The lowest BCUT2D eigenvalue weighted by molar-refractivity contribution is 0.0687. The van der Waals surface area contributed by atoms with Crippen LogP contribution in [-0.2, 0) is 6.54 Å². The second kappa shape index (κ2) is 7.01. The summed E-state index contributed by atoms with van der Waals surface area (Å²) in [7, 11) is 0. The van der Waals surface area contributed by atoms with E-state index in [1.807, 2.05) is 6.07 Å². The summed E-state index contributed by atoms with van der Waals surface area (Å²) in [4.78, 5) is 17.2. The van der Waals surface area contributed by atoms with Crippen molar-refractivity contribution in [3.8, 4) is 0 Å². The summed E-state index contributed by atoms with van der Waals surface area (Å²) in [6.45, 7) is 6.90. The van der Waals surface area contributed by atoms with Gasteiger partial charge in [-0.3, -0.25) is 4.90 Å². The Hall–Kier alpha value is -1.42. The molecule has 1 heterocycles. The van der Waals surface area contributed by atoms with Gasteiger partial charge in [-0.2, -0.15) is 0 Å². The second-order valence-electron chi connectivity index (χ2n) is 4.09. The highest BCUT2D eigenvalue weighted by atomic mass is 16.4. The van der Waals surface area contributed by atoms with Gasteiger partial charge in [0.1, 0.15) is 0 Å². The van der Waals surface area contributed by atoms with E-state index in [4.69, 9.17) is 5.11 Å². The highest BCUT2D eigenvalue weighted by molar-refractivity contribution is 5.86. The van der Waals surface area contributed by atoms with Crippen molar-refractivity contribution < 1.29 is 9.90 Å². The molecule has 0 saturated heterocycles. The molecule has 0 aliphatic heterocycles. The van der Waals surface area contributed by atoms with Gasteiger partial charge in [0, 0.05) is 12.7 Å². The van der Waals surface area contributed by atoms with Crippen LogP contribution in [0.5, 0.6) is 0 Å². The summed E-state index contributed by atoms with van der Waals surface area (Å²) < 4.78 is 0. The zero-order chi connectivity index (χ0) is 12.7. The van der Waals surface area contributed by atoms with Crippen LogP contribution in [0.1, 0.15) is 42.7 Å². The molecule has 1 aromatic rings. The molecule has 0 unspecified atom stereocenters. The molecule has 0 aliphatic carbocycles. The maximum atomic E-state index is 11.0. The molecule has 0 bridgehead atoms. The summed E-state index contributed by atoms with van der Waals surface area (Å²) in [5.74, 6) is -0.950. The van der Waals surface area contributed by atoms with Crippen LogP contribution in [0, 0.1) is 0 Å². The third-order valence-corrected chi connectivity index (χ3v) is 2.57. The third-order valence-electron chi connectivity index (χ3n) is 2.57. The molecule has 0 aromatic carbocycles. The molecule has 0 atom stereocenters. The number of hydrogen-bond donors (Lipinski definition) is 1. The van der Waals surface area contributed by atoms with E-state index in [-0.39, 0.29) is 5.69 Å². The molecule has 1 rings (SSSR count). The average Bonchev–Trinajstić information content (AvgIpc) is 2.30. The second-order valence-corrected chi connectivity index (χ2v) is 4.09. The first-order valence-electron chi connectivity index (χ1n) is 6.08. The van der Waals surface area contributed by atoms with Crippen LogP contribution in [0.3, 0.4) is 0 Å². The summed E-state index contributed by atoms with van der Waals surface area (Å²) >= 11 is 0. The number of aromatic carboxylic acids is 1. The predicted octanol–water partition coefficient (Wildman–Crippen LogP) is 2.40.